The van der Waals surface area contributed by atoms with Crippen molar-refractivity contribution in [2.45, 2.75) is 32.4 Å². The molecule has 146 valence electrons. The summed E-state index contributed by atoms with van der Waals surface area (Å²) in [5, 5.41) is 9.34. The topological polar surface area (TPSA) is 108 Å². The third-order valence-electron chi connectivity index (χ3n) is 4.58. The fourth-order valence-corrected chi connectivity index (χ4v) is 4.18. The Morgan fingerprint density at radius 3 is 2.86 bits per heavy atom. The van der Waals surface area contributed by atoms with E-state index >= 15 is 0 Å². The lowest BCUT2D eigenvalue weighted by atomic mass is 10.2. The van der Waals surface area contributed by atoms with Crippen molar-refractivity contribution in [1.82, 2.24) is 29.7 Å². The minimum Gasteiger partial charge on any atom is -0.383 e. The number of H-pyrrole nitrogens is 1. The Balaban J connectivity index is 1.82. The first-order valence-electron chi connectivity index (χ1n) is 9.02. The molecule has 10 heteroatoms. The highest BCUT2D eigenvalue weighted by atomic mass is 35.5. The Hall–Kier alpha value is -2.49. The van der Waals surface area contributed by atoms with Gasteiger partial charge in [0, 0.05) is 26.3 Å². The van der Waals surface area contributed by atoms with Crippen molar-refractivity contribution in [2.75, 3.05) is 12.3 Å². The van der Waals surface area contributed by atoms with Crippen molar-refractivity contribution in [3.05, 3.63) is 29.7 Å². The second-order valence-corrected chi connectivity index (χ2v) is 13.9. The van der Waals surface area contributed by atoms with E-state index in [1.54, 1.807) is 6.20 Å². The molecule has 0 aliphatic rings. The number of anilines is 1. The number of nitrogens with zero attached hydrogens (tertiary/aromatic N) is 5. The van der Waals surface area contributed by atoms with Gasteiger partial charge in [-0.3, -0.25) is 9.67 Å². The van der Waals surface area contributed by atoms with Crippen LogP contribution in [0.5, 0.6) is 0 Å². The maximum absolute atomic E-state index is 6.75. The minimum absolute atomic E-state index is 0.321. The zero-order chi connectivity index (χ0) is 19.9. The van der Waals surface area contributed by atoms with Gasteiger partial charge in [0.25, 0.3) is 0 Å². The van der Waals surface area contributed by atoms with Gasteiger partial charge in [-0.2, -0.15) is 5.10 Å². The molecule has 4 aromatic rings. The molecule has 28 heavy (non-hydrogen) atoms. The molecule has 0 aliphatic carbocycles. The summed E-state index contributed by atoms with van der Waals surface area (Å²) in [6.45, 7) is 7.98. The van der Waals surface area contributed by atoms with Crippen LogP contribution in [0, 0.1) is 0 Å². The number of nitrogens with two attached hydrogens (primary N) is 1. The molecule has 0 aliphatic heterocycles. The van der Waals surface area contributed by atoms with Crippen molar-refractivity contribution >= 4 is 47.6 Å². The lowest BCUT2D eigenvalue weighted by Gasteiger charge is -2.16. The van der Waals surface area contributed by atoms with Crippen LogP contribution in [0.3, 0.4) is 0 Å². The van der Waals surface area contributed by atoms with Crippen LogP contribution in [0.4, 0.5) is 5.82 Å². The van der Waals surface area contributed by atoms with Crippen molar-refractivity contribution in [1.29, 1.82) is 0 Å². The molecule has 8 nitrogen and oxygen atoms in total. The van der Waals surface area contributed by atoms with Gasteiger partial charge in [0.05, 0.1) is 16.1 Å². The number of aromatic nitrogens is 6. The molecule has 0 fully saturated rings. The van der Waals surface area contributed by atoms with E-state index in [9.17, 15) is 0 Å². The number of aromatic amines is 1. The van der Waals surface area contributed by atoms with E-state index in [1.807, 2.05) is 16.7 Å². The van der Waals surface area contributed by atoms with E-state index in [2.05, 4.69) is 44.8 Å². The number of hydrogen-bond acceptors (Lipinski definition) is 6. The van der Waals surface area contributed by atoms with Gasteiger partial charge in [-0.15, -0.1) is 0 Å². The molecule has 3 N–H and O–H groups in total. The van der Waals surface area contributed by atoms with Gasteiger partial charge in [0.15, 0.2) is 5.65 Å². The Bertz CT molecular complexity index is 1150. The molecule has 4 aromatic heterocycles. The number of nitrogen functional groups attached to an aromatic ring is 1. The molecule has 0 atom stereocenters. The minimum atomic E-state index is -1.18. The van der Waals surface area contributed by atoms with E-state index in [-0.39, 0.29) is 0 Å². The molecular weight excluding hydrogens is 394 g/mol. The van der Waals surface area contributed by atoms with Crippen LogP contribution in [-0.4, -0.2) is 44.4 Å². The number of halogens is 1. The summed E-state index contributed by atoms with van der Waals surface area (Å²) in [4.78, 5) is 12.8. The second-order valence-electron chi connectivity index (χ2n) is 7.87. The fourth-order valence-electron chi connectivity index (χ4n) is 3.08. The van der Waals surface area contributed by atoms with Gasteiger partial charge in [-0.05, 0) is 18.2 Å². The highest BCUT2D eigenvalue weighted by molar-refractivity contribution is 6.76. The highest BCUT2D eigenvalue weighted by Crippen LogP contribution is 2.39. The predicted octanol–water partition coefficient (Wildman–Crippen LogP) is 3.92. The van der Waals surface area contributed by atoms with Crippen LogP contribution in [0.2, 0.25) is 30.7 Å². The lowest BCUT2D eigenvalue weighted by molar-refractivity contribution is 0.0909. The highest BCUT2D eigenvalue weighted by Gasteiger charge is 2.24. The van der Waals surface area contributed by atoms with E-state index in [4.69, 9.17) is 22.1 Å². The van der Waals surface area contributed by atoms with E-state index in [1.165, 1.54) is 6.33 Å². The maximum atomic E-state index is 6.75. The fraction of sp³-hybridized carbons (Fsp3) is 0.333. The molecule has 0 spiro atoms. The van der Waals surface area contributed by atoms with Crippen molar-refractivity contribution in [3.8, 4) is 11.4 Å². The van der Waals surface area contributed by atoms with Gasteiger partial charge in [-0.1, -0.05) is 31.2 Å². The third-order valence-corrected chi connectivity index (χ3v) is 6.67. The maximum Gasteiger partial charge on any atom is 0.161 e. The van der Waals surface area contributed by atoms with Crippen LogP contribution in [0.1, 0.15) is 0 Å². The molecule has 0 saturated heterocycles. The summed E-state index contributed by atoms with van der Waals surface area (Å²) in [5.41, 5.74) is 8.67. The summed E-state index contributed by atoms with van der Waals surface area (Å²) in [7, 11) is -1.18. The van der Waals surface area contributed by atoms with E-state index in [0.29, 0.717) is 46.6 Å². The van der Waals surface area contributed by atoms with E-state index < -0.39 is 8.07 Å². The number of pyridine rings is 1. The van der Waals surface area contributed by atoms with Gasteiger partial charge in [0.2, 0.25) is 0 Å². The summed E-state index contributed by atoms with van der Waals surface area (Å²) >= 11 is 6.75. The van der Waals surface area contributed by atoms with Crippen molar-refractivity contribution < 1.29 is 4.74 Å². The zero-order valence-corrected chi connectivity index (χ0v) is 17.8. The average molecular weight is 416 g/mol. The second kappa shape index (κ2) is 7.15. The zero-order valence-electron chi connectivity index (χ0n) is 16.0. The number of ether oxygens (including phenoxy) is 1. The first-order valence-corrected chi connectivity index (χ1v) is 13.1. The number of rotatable bonds is 6. The quantitative estimate of drug-likeness (QED) is 0.365. The van der Waals surface area contributed by atoms with Gasteiger partial charge >= 0.3 is 0 Å². The van der Waals surface area contributed by atoms with Crippen LogP contribution in [-0.2, 0) is 11.5 Å². The Kier molecular flexibility index (Phi) is 4.82. The van der Waals surface area contributed by atoms with Crippen LogP contribution in [0.15, 0.2) is 24.7 Å². The van der Waals surface area contributed by atoms with Crippen LogP contribution < -0.4 is 5.73 Å². The van der Waals surface area contributed by atoms with Gasteiger partial charge in [-0.25, -0.2) is 15.0 Å². The van der Waals surface area contributed by atoms with Gasteiger partial charge < -0.3 is 10.5 Å². The summed E-state index contributed by atoms with van der Waals surface area (Å²) in [6.07, 6.45) is 3.14. The van der Waals surface area contributed by atoms with Gasteiger partial charge in [0.1, 0.15) is 30.2 Å². The van der Waals surface area contributed by atoms with E-state index in [0.717, 1.165) is 17.1 Å². The third kappa shape index (κ3) is 3.36. The number of fused-ring (bicyclic) bond motifs is 2. The first kappa shape index (κ1) is 18.9. The Labute approximate surface area is 168 Å². The first-order chi connectivity index (χ1) is 13.4. The Morgan fingerprint density at radius 2 is 2.07 bits per heavy atom. The molecule has 4 rings (SSSR count). The van der Waals surface area contributed by atoms with Crippen molar-refractivity contribution in [2.24, 2.45) is 0 Å². The van der Waals surface area contributed by atoms with Crippen LogP contribution in [0.25, 0.3) is 33.5 Å². The Morgan fingerprint density at radius 1 is 1.25 bits per heavy atom. The molecule has 0 aromatic carbocycles. The lowest BCUT2D eigenvalue weighted by Crippen LogP contribution is -2.22. The largest absolute Gasteiger partial charge is 0.383 e. The summed E-state index contributed by atoms with van der Waals surface area (Å²) < 4.78 is 7.93. The summed E-state index contributed by atoms with van der Waals surface area (Å²) in [6, 6.07) is 4.87. The standard InChI is InChI=1S/C18H22ClN7OSi/c1-28(2,3)8-7-27-10-26-15(13(19)11-5-4-6-21-18(11)26)14-12-16(20)22-9-23-17(12)25-24-14/h4-6,9H,7-8,10H2,1-3H3,(H3,20,22,23,24,25). The molecule has 0 unspecified atom stereocenters. The SMILES string of the molecule is C[Si](C)(C)CCOCn1c(-c2n[nH]c3ncnc(N)c23)c(Cl)c2cccnc21. The molecule has 4 heterocycles. The monoisotopic (exact) mass is 415 g/mol. The molecule has 0 amide bonds. The molecule has 0 radical (unpaired) electrons. The normalized spacial score (nSPS) is 12.3. The van der Waals surface area contributed by atoms with Crippen LogP contribution >= 0.6 is 11.6 Å². The molecule has 0 bridgehead atoms. The molecular formula is C18H22ClN7OSi. The number of hydrogen-bond donors (Lipinski definition) is 2. The van der Waals surface area contributed by atoms with Crippen molar-refractivity contribution in [3.63, 3.8) is 0 Å². The molecule has 0 saturated carbocycles. The summed E-state index contributed by atoms with van der Waals surface area (Å²) in [5.74, 6) is 0.342. The predicted molar refractivity (Wildman–Crippen MR) is 114 cm³/mol. The number of nitrogens with one attached hydrogen (secondary N) is 1. The smallest absolute Gasteiger partial charge is 0.161 e. The average Bonchev–Trinajstić information content (AvgIpc) is 3.19.